The predicted molar refractivity (Wildman–Crippen MR) is 111 cm³/mol. The van der Waals surface area contributed by atoms with Crippen LogP contribution in [0.1, 0.15) is 32.0 Å². The lowest BCUT2D eigenvalue weighted by Gasteiger charge is -2.30. The van der Waals surface area contributed by atoms with Gasteiger partial charge in [-0.3, -0.25) is 0 Å². The van der Waals surface area contributed by atoms with E-state index < -0.39 is 5.60 Å². The van der Waals surface area contributed by atoms with Crippen LogP contribution in [0.4, 0.5) is 4.79 Å². The van der Waals surface area contributed by atoms with E-state index in [1.807, 2.05) is 32.9 Å². The standard InChI is InChI=1S/C23H26N2O3/c1-23(2,3)28-22(26)25-12-11-21-19(14-25)18-13-16(7-10-20(18)24-21)15-5-8-17(27-4)9-6-15/h5-10,13,24H,11-12,14H2,1-4H3. The van der Waals surface area contributed by atoms with E-state index >= 15 is 0 Å². The number of methoxy groups -OCH3 is 1. The number of H-pyrrole nitrogens is 1. The molecule has 28 heavy (non-hydrogen) atoms. The van der Waals surface area contributed by atoms with Crippen molar-refractivity contribution in [2.24, 2.45) is 0 Å². The Labute approximate surface area is 165 Å². The second kappa shape index (κ2) is 6.89. The summed E-state index contributed by atoms with van der Waals surface area (Å²) in [5.74, 6) is 0.844. The van der Waals surface area contributed by atoms with Gasteiger partial charge in [-0.1, -0.05) is 18.2 Å². The molecule has 0 atom stereocenters. The van der Waals surface area contributed by atoms with E-state index in [4.69, 9.17) is 9.47 Å². The van der Waals surface area contributed by atoms with E-state index in [9.17, 15) is 4.79 Å². The quantitative estimate of drug-likeness (QED) is 0.672. The summed E-state index contributed by atoms with van der Waals surface area (Å²) >= 11 is 0. The Hall–Kier alpha value is -2.95. The van der Waals surface area contributed by atoms with Gasteiger partial charge in [0.05, 0.1) is 13.7 Å². The molecule has 0 spiro atoms. The maximum atomic E-state index is 12.5. The Balaban J connectivity index is 1.66. The Morgan fingerprint density at radius 1 is 1.07 bits per heavy atom. The smallest absolute Gasteiger partial charge is 0.410 e. The van der Waals surface area contributed by atoms with Crippen molar-refractivity contribution >= 4 is 17.0 Å². The molecule has 5 heteroatoms. The molecule has 0 saturated heterocycles. The van der Waals surface area contributed by atoms with Crippen molar-refractivity contribution < 1.29 is 14.3 Å². The summed E-state index contributed by atoms with van der Waals surface area (Å²) in [7, 11) is 1.67. The number of ether oxygens (including phenoxy) is 2. The van der Waals surface area contributed by atoms with Crippen LogP contribution in [0.3, 0.4) is 0 Å². The number of amides is 1. The van der Waals surface area contributed by atoms with Crippen LogP contribution in [0.15, 0.2) is 42.5 Å². The minimum atomic E-state index is -0.487. The average molecular weight is 378 g/mol. The van der Waals surface area contributed by atoms with Crippen LogP contribution in [0, 0.1) is 0 Å². The van der Waals surface area contributed by atoms with Crippen LogP contribution in [0.2, 0.25) is 0 Å². The number of aromatic nitrogens is 1. The van der Waals surface area contributed by atoms with Crippen LogP contribution >= 0.6 is 0 Å². The van der Waals surface area contributed by atoms with Gasteiger partial charge in [-0.25, -0.2) is 4.79 Å². The van der Waals surface area contributed by atoms with Gasteiger partial charge in [0.1, 0.15) is 11.4 Å². The van der Waals surface area contributed by atoms with E-state index in [0.29, 0.717) is 13.1 Å². The zero-order chi connectivity index (χ0) is 19.9. The number of fused-ring (bicyclic) bond motifs is 3. The SMILES string of the molecule is COc1ccc(-c2ccc3[nH]c4c(c3c2)CN(C(=O)OC(C)(C)C)CC4)cc1. The van der Waals surface area contributed by atoms with Crippen molar-refractivity contribution in [3.63, 3.8) is 0 Å². The van der Waals surface area contributed by atoms with E-state index in [2.05, 4.69) is 35.3 Å². The summed E-state index contributed by atoms with van der Waals surface area (Å²) in [4.78, 5) is 17.8. The molecule has 0 aliphatic carbocycles. The lowest BCUT2D eigenvalue weighted by atomic mass is 10.00. The predicted octanol–water partition coefficient (Wildman–Crippen LogP) is 5.14. The second-order valence-corrected chi connectivity index (χ2v) is 8.22. The van der Waals surface area contributed by atoms with Gasteiger partial charge in [-0.2, -0.15) is 0 Å². The number of carbonyl (C=O) groups is 1. The third-order valence-corrected chi connectivity index (χ3v) is 5.05. The summed E-state index contributed by atoms with van der Waals surface area (Å²) < 4.78 is 10.8. The number of hydrogen-bond acceptors (Lipinski definition) is 3. The lowest BCUT2D eigenvalue weighted by molar-refractivity contribution is 0.0224. The van der Waals surface area contributed by atoms with Crippen molar-refractivity contribution in [2.75, 3.05) is 13.7 Å². The highest BCUT2D eigenvalue weighted by Gasteiger charge is 2.27. The summed E-state index contributed by atoms with van der Waals surface area (Å²) in [6.07, 6.45) is 0.556. The molecule has 2 heterocycles. The van der Waals surface area contributed by atoms with Crippen LogP contribution in [0.5, 0.6) is 5.75 Å². The minimum absolute atomic E-state index is 0.251. The van der Waals surface area contributed by atoms with E-state index in [-0.39, 0.29) is 6.09 Å². The third-order valence-electron chi connectivity index (χ3n) is 5.05. The molecular weight excluding hydrogens is 352 g/mol. The fraction of sp³-hybridized carbons (Fsp3) is 0.348. The normalized spacial score (nSPS) is 14.1. The molecule has 1 aromatic heterocycles. The van der Waals surface area contributed by atoms with Crippen LogP contribution in [-0.2, 0) is 17.7 Å². The van der Waals surface area contributed by atoms with Gasteiger partial charge in [-0.15, -0.1) is 0 Å². The van der Waals surface area contributed by atoms with Gasteiger partial charge in [0.2, 0.25) is 0 Å². The molecule has 0 saturated carbocycles. The zero-order valence-corrected chi connectivity index (χ0v) is 16.8. The van der Waals surface area contributed by atoms with E-state index in [1.165, 1.54) is 11.3 Å². The summed E-state index contributed by atoms with van der Waals surface area (Å²) in [5, 5.41) is 1.16. The molecule has 4 rings (SSSR count). The molecule has 1 N–H and O–H groups in total. The Bertz CT molecular complexity index is 1010. The van der Waals surface area contributed by atoms with Crippen molar-refractivity contribution in [2.45, 2.75) is 39.3 Å². The number of nitrogens with one attached hydrogen (secondary N) is 1. The Kier molecular flexibility index (Phi) is 4.53. The molecule has 0 unspecified atom stereocenters. The maximum absolute atomic E-state index is 12.5. The van der Waals surface area contributed by atoms with Crippen molar-refractivity contribution in [1.29, 1.82) is 0 Å². The number of rotatable bonds is 2. The first kappa shape index (κ1) is 18.4. The molecule has 1 amide bonds. The van der Waals surface area contributed by atoms with Crippen molar-refractivity contribution in [3.05, 3.63) is 53.7 Å². The van der Waals surface area contributed by atoms with Crippen LogP contribution in [0.25, 0.3) is 22.0 Å². The summed E-state index contributed by atoms with van der Waals surface area (Å²) in [6, 6.07) is 14.5. The molecule has 0 radical (unpaired) electrons. The van der Waals surface area contributed by atoms with Crippen LogP contribution in [-0.4, -0.2) is 35.2 Å². The van der Waals surface area contributed by atoms with Gasteiger partial charge < -0.3 is 19.4 Å². The average Bonchev–Trinajstić information content (AvgIpc) is 3.03. The first-order valence-electron chi connectivity index (χ1n) is 9.60. The highest BCUT2D eigenvalue weighted by molar-refractivity contribution is 5.89. The summed E-state index contributed by atoms with van der Waals surface area (Å²) in [5.41, 5.74) is 5.29. The van der Waals surface area contributed by atoms with Gasteiger partial charge >= 0.3 is 6.09 Å². The second-order valence-electron chi connectivity index (χ2n) is 8.22. The van der Waals surface area contributed by atoms with Gasteiger partial charge in [0.15, 0.2) is 0 Å². The van der Waals surface area contributed by atoms with E-state index in [0.717, 1.165) is 34.2 Å². The highest BCUT2D eigenvalue weighted by Crippen LogP contribution is 2.32. The van der Waals surface area contributed by atoms with Gasteiger partial charge in [0.25, 0.3) is 0 Å². The van der Waals surface area contributed by atoms with Crippen molar-refractivity contribution in [1.82, 2.24) is 9.88 Å². The van der Waals surface area contributed by atoms with Crippen LogP contribution < -0.4 is 4.74 Å². The fourth-order valence-electron chi connectivity index (χ4n) is 3.66. The molecule has 0 fully saturated rings. The molecule has 3 aromatic rings. The monoisotopic (exact) mass is 378 g/mol. The maximum Gasteiger partial charge on any atom is 0.410 e. The number of carbonyl (C=O) groups excluding carboxylic acids is 1. The van der Waals surface area contributed by atoms with Gasteiger partial charge in [0, 0.05) is 35.1 Å². The van der Waals surface area contributed by atoms with Crippen molar-refractivity contribution in [3.8, 4) is 16.9 Å². The number of benzene rings is 2. The lowest BCUT2D eigenvalue weighted by Crippen LogP contribution is -2.39. The largest absolute Gasteiger partial charge is 0.497 e. The number of nitrogens with zero attached hydrogens (tertiary/aromatic N) is 1. The fourth-order valence-corrected chi connectivity index (χ4v) is 3.66. The Morgan fingerprint density at radius 2 is 1.79 bits per heavy atom. The first-order valence-corrected chi connectivity index (χ1v) is 9.60. The highest BCUT2D eigenvalue weighted by atomic mass is 16.6. The molecule has 2 aromatic carbocycles. The molecule has 1 aliphatic rings. The number of hydrogen-bond donors (Lipinski definition) is 1. The molecule has 0 bridgehead atoms. The van der Waals surface area contributed by atoms with E-state index in [1.54, 1.807) is 12.0 Å². The Morgan fingerprint density at radius 3 is 2.46 bits per heavy atom. The zero-order valence-electron chi connectivity index (χ0n) is 16.8. The minimum Gasteiger partial charge on any atom is -0.497 e. The molecular formula is C23H26N2O3. The molecule has 146 valence electrons. The number of aromatic amines is 1. The summed E-state index contributed by atoms with van der Waals surface area (Å²) in [6.45, 7) is 6.92. The molecule has 1 aliphatic heterocycles. The van der Waals surface area contributed by atoms with Gasteiger partial charge in [-0.05, 0) is 56.2 Å². The first-order chi connectivity index (χ1) is 13.3. The molecule has 5 nitrogen and oxygen atoms in total. The topological polar surface area (TPSA) is 54.6 Å². The third kappa shape index (κ3) is 3.57.